The normalized spacial score (nSPS) is 57.1. The Bertz CT molecular complexity index is 508. The Hall–Kier alpha value is -0.830. The van der Waals surface area contributed by atoms with E-state index >= 15 is 0 Å². The van der Waals surface area contributed by atoms with Crippen LogP contribution in [0.3, 0.4) is 0 Å². The monoisotopic (exact) mass is 274 g/mol. The second-order valence-corrected chi connectivity index (χ2v) is 7.87. The Labute approximate surface area is 119 Å². The second-order valence-electron chi connectivity index (χ2n) is 7.87. The van der Waals surface area contributed by atoms with Gasteiger partial charge in [0.1, 0.15) is 11.7 Å². The van der Waals surface area contributed by atoms with Gasteiger partial charge in [-0.05, 0) is 44.4 Å². The molecule has 2 spiro atoms. The zero-order chi connectivity index (χ0) is 13.8. The van der Waals surface area contributed by atoms with Crippen molar-refractivity contribution in [2.45, 2.75) is 57.2 Å². The van der Waals surface area contributed by atoms with E-state index in [1.54, 1.807) is 6.92 Å². The Morgan fingerprint density at radius 2 is 2.05 bits per heavy atom. The van der Waals surface area contributed by atoms with E-state index in [9.17, 15) is 4.79 Å². The first-order valence-corrected chi connectivity index (χ1v) is 8.08. The maximum atomic E-state index is 12.2. The molecular weight excluding hydrogens is 252 g/mol. The zero-order valence-electron chi connectivity index (χ0n) is 12.1. The summed E-state index contributed by atoms with van der Waals surface area (Å²) in [5.41, 5.74) is 1.10. The molecule has 0 amide bonds. The molecule has 5 aliphatic rings. The van der Waals surface area contributed by atoms with Gasteiger partial charge in [-0.25, -0.2) is 4.79 Å². The van der Waals surface area contributed by atoms with Crippen LogP contribution in [0.25, 0.3) is 0 Å². The van der Waals surface area contributed by atoms with Gasteiger partial charge >= 0.3 is 5.97 Å². The first-order valence-electron chi connectivity index (χ1n) is 8.08. The predicted molar refractivity (Wildman–Crippen MR) is 72.9 cm³/mol. The average molecular weight is 274 g/mol. The minimum Gasteiger partial charge on any atom is -0.452 e. The fraction of sp³-hybridized carbons (Fsp3) is 0.824. The Balaban J connectivity index is 1.59. The molecule has 0 aromatic heterocycles. The molecule has 3 heteroatoms. The van der Waals surface area contributed by atoms with Crippen molar-refractivity contribution in [3.05, 3.63) is 12.2 Å². The van der Waals surface area contributed by atoms with Crippen LogP contribution in [0.4, 0.5) is 0 Å². The van der Waals surface area contributed by atoms with Crippen LogP contribution < -0.4 is 0 Å². The lowest BCUT2D eigenvalue weighted by Gasteiger charge is -2.76. The van der Waals surface area contributed by atoms with Crippen LogP contribution in [0.5, 0.6) is 0 Å². The van der Waals surface area contributed by atoms with Crippen LogP contribution in [0.2, 0.25) is 0 Å². The van der Waals surface area contributed by atoms with Gasteiger partial charge in [-0.1, -0.05) is 13.0 Å². The van der Waals surface area contributed by atoms with Gasteiger partial charge in [-0.2, -0.15) is 0 Å². The largest absolute Gasteiger partial charge is 0.452 e. The van der Waals surface area contributed by atoms with Crippen LogP contribution in [0, 0.1) is 22.7 Å². The smallest absolute Gasteiger partial charge is 0.333 e. The van der Waals surface area contributed by atoms with Crippen LogP contribution in [-0.2, 0) is 14.3 Å². The van der Waals surface area contributed by atoms with E-state index in [0.29, 0.717) is 28.2 Å². The summed E-state index contributed by atoms with van der Waals surface area (Å²) in [5.74, 6) is 0.939. The molecule has 0 radical (unpaired) electrons. The van der Waals surface area contributed by atoms with Crippen molar-refractivity contribution in [1.82, 2.24) is 0 Å². The van der Waals surface area contributed by atoms with Crippen LogP contribution in [-0.4, -0.2) is 24.3 Å². The first-order chi connectivity index (χ1) is 9.58. The van der Waals surface area contributed by atoms with Gasteiger partial charge in [0.25, 0.3) is 0 Å². The molecule has 0 aromatic carbocycles. The van der Waals surface area contributed by atoms with E-state index in [0.717, 1.165) is 6.61 Å². The minimum absolute atomic E-state index is 0.182. The number of rotatable bonds is 2. The Morgan fingerprint density at radius 3 is 2.85 bits per heavy atom. The maximum Gasteiger partial charge on any atom is 0.333 e. The molecule has 4 saturated carbocycles. The van der Waals surface area contributed by atoms with E-state index in [1.165, 1.54) is 38.5 Å². The van der Waals surface area contributed by atoms with Crippen molar-refractivity contribution >= 4 is 5.97 Å². The number of carbonyl (C=O) groups is 1. The summed E-state index contributed by atoms with van der Waals surface area (Å²) in [6.07, 6.45) is 7.88. The van der Waals surface area contributed by atoms with Crippen molar-refractivity contribution in [2.24, 2.45) is 22.7 Å². The maximum absolute atomic E-state index is 12.2. The number of ether oxygens (including phenoxy) is 2. The molecule has 108 valence electrons. The number of carbonyl (C=O) groups excluding carboxylic acids is 1. The van der Waals surface area contributed by atoms with Crippen LogP contribution in [0.1, 0.15) is 45.4 Å². The van der Waals surface area contributed by atoms with E-state index in [1.807, 2.05) is 0 Å². The van der Waals surface area contributed by atoms with Crippen molar-refractivity contribution in [2.75, 3.05) is 6.61 Å². The molecule has 6 unspecified atom stereocenters. The summed E-state index contributed by atoms with van der Waals surface area (Å²) in [7, 11) is 0. The van der Waals surface area contributed by atoms with Gasteiger partial charge in [0.15, 0.2) is 0 Å². The number of esters is 1. The number of hydrogen-bond acceptors (Lipinski definition) is 3. The Morgan fingerprint density at radius 1 is 1.25 bits per heavy atom. The summed E-state index contributed by atoms with van der Waals surface area (Å²) < 4.78 is 12.2. The zero-order valence-corrected chi connectivity index (χ0v) is 12.1. The third-order valence-electron chi connectivity index (χ3n) is 7.43. The first kappa shape index (κ1) is 11.8. The van der Waals surface area contributed by atoms with Gasteiger partial charge in [0, 0.05) is 29.4 Å². The fourth-order valence-electron chi connectivity index (χ4n) is 7.21. The molecule has 6 atom stereocenters. The molecule has 5 rings (SSSR count). The molecule has 1 saturated heterocycles. The van der Waals surface area contributed by atoms with Gasteiger partial charge in [0.2, 0.25) is 0 Å². The fourth-order valence-corrected chi connectivity index (χ4v) is 7.21. The highest BCUT2D eigenvalue weighted by molar-refractivity contribution is 5.87. The van der Waals surface area contributed by atoms with Gasteiger partial charge in [-0.15, -0.1) is 0 Å². The number of fused-ring (bicyclic) bond motifs is 2. The highest BCUT2D eigenvalue weighted by atomic mass is 16.6. The average Bonchev–Trinajstić information content (AvgIpc) is 3.02. The standard InChI is InChI=1S/C17H22O3/c1-10(2)12(18)20-17-11-4-3-5-15(11)6-7-16(13(15)17)8-9-19-14(16)17/h11,13-14H,1,3-9H2,2H3. The SMILES string of the molecule is C=C(C)C(=O)OC12C3CCCC34CCC3(CCOC31)C42. The third-order valence-corrected chi connectivity index (χ3v) is 7.43. The quantitative estimate of drug-likeness (QED) is 0.574. The summed E-state index contributed by atoms with van der Waals surface area (Å²) in [6.45, 7) is 6.36. The third kappa shape index (κ3) is 0.886. The summed E-state index contributed by atoms with van der Waals surface area (Å²) in [5, 5.41) is 0. The minimum atomic E-state index is -0.278. The summed E-state index contributed by atoms with van der Waals surface area (Å²) in [6, 6.07) is 0. The van der Waals surface area contributed by atoms with Crippen molar-refractivity contribution in [3.63, 3.8) is 0 Å². The molecule has 4 aliphatic carbocycles. The topological polar surface area (TPSA) is 35.5 Å². The molecule has 0 N–H and O–H groups in total. The van der Waals surface area contributed by atoms with Gasteiger partial charge < -0.3 is 9.47 Å². The molecule has 5 fully saturated rings. The van der Waals surface area contributed by atoms with E-state index in [-0.39, 0.29) is 17.7 Å². The van der Waals surface area contributed by atoms with E-state index in [2.05, 4.69) is 6.58 Å². The van der Waals surface area contributed by atoms with Gasteiger partial charge in [0.05, 0.1) is 0 Å². The molecule has 3 nitrogen and oxygen atoms in total. The highest BCUT2D eigenvalue weighted by Crippen LogP contribution is 2.89. The molecule has 20 heavy (non-hydrogen) atoms. The van der Waals surface area contributed by atoms with Crippen molar-refractivity contribution < 1.29 is 14.3 Å². The van der Waals surface area contributed by atoms with E-state index in [4.69, 9.17) is 9.47 Å². The van der Waals surface area contributed by atoms with Crippen LogP contribution in [0.15, 0.2) is 12.2 Å². The summed E-state index contributed by atoms with van der Waals surface area (Å²) in [4.78, 5) is 12.2. The molecule has 0 bridgehead atoms. The van der Waals surface area contributed by atoms with Gasteiger partial charge in [-0.3, -0.25) is 0 Å². The number of hydrogen-bond donors (Lipinski definition) is 0. The molecule has 1 heterocycles. The summed E-state index contributed by atoms with van der Waals surface area (Å²) >= 11 is 0. The molecule has 1 aliphatic heterocycles. The van der Waals surface area contributed by atoms with Crippen molar-refractivity contribution in [1.29, 1.82) is 0 Å². The lowest BCUT2D eigenvalue weighted by Crippen LogP contribution is -2.85. The lowest BCUT2D eigenvalue weighted by molar-refractivity contribution is -0.377. The van der Waals surface area contributed by atoms with E-state index < -0.39 is 0 Å². The lowest BCUT2D eigenvalue weighted by atomic mass is 9.31. The highest BCUT2D eigenvalue weighted by Gasteiger charge is 2.93. The molecular formula is C17H22O3. The van der Waals surface area contributed by atoms with Crippen molar-refractivity contribution in [3.8, 4) is 0 Å². The predicted octanol–water partition coefficient (Wildman–Crippen LogP) is 2.84. The van der Waals surface area contributed by atoms with Crippen LogP contribution >= 0.6 is 0 Å². The Kier molecular flexibility index (Phi) is 1.86. The molecule has 0 aromatic rings. The second kappa shape index (κ2) is 3.16.